The molecule has 2 unspecified atom stereocenters. The van der Waals surface area contributed by atoms with E-state index in [1.165, 1.54) is 38.5 Å². The average Bonchev–Trinajstić information content (AvgIpc) is 3.11. The van der Waals surface area contributed by atoms with Gasteiger partial charge in [-0.3, -0.25) is 4.57 Å². The van der Waals surface area contributed by atoms with E-state index in [1.54, 1.807) is 0 Å². The van der Waals surface area contributed by atoms with E-state index in [4.69, 9.17) is 14.8 Å². The number of piperidine rings is 1. The average molecular weight is 396 g/mol. The molecule has 29 heavy (non-hydrogen) atoms. The van der Waals surface area contributed by atoms with Crippen LogP contribution >= 0.6 is 0 Å². The number of aromatic nitrogens is 4. The molecule has 156 valence electrons. The van der Waals surface area contributed by atoms with Gasteiger partial charge in [0.2, 0.25) is 5.95 Å². The van der Waals surface area contributed by atoms with Crippen LogP contribution in [0.5, 0.6) is 0 Å². The van der Waals surface area contributed by atoms with Crippen molar-refractivity contribution < 1.29 is 4.74 Å². The fraction of sp³-hybridized carbons (Fsp3) is 0.696. The molecule has 6 nitrogen and oxygen atoms in total. The third-order valence-electron chi connectivity index (χ3n) is 7.52. The van der Waals surface area contributed by atoms with Gasteiger partial charge >= 0.3 is 0 Å². The number of anilines is 1. The number of hydrogen-bond acceptors (Lipinski definition) is 5. The monoisotopic (exact) mass is 395 g/mol. The van der Waals surface area contributed by atoms with Gasteiger partial charge in [0, 0.05) is 25.4 Å². The van der Waals surface area contributed by atoms with Gasteiger partial charge in [-0.2, -0.15) is 0 Å². The first kappa shape index (κ1) is 19.0. The summed E-state index contributed by atoms with van der Waals surface area (Å²) >= 11 is 0. The largest absolute Gasteiger partial charge is 0.376 e. The van der Waals surface area contributed by atoms with Crippen molar-refractivity contribution in [2.24, 2.45) is 11.3 Å². The Labute approximate surface area is 173 Å². The van der Waals surface area contributed by atoms with E-state index >= 15 is 0 Å². The highest BCUT2D eigenvalue weighted by Gasteiger charge is 2.46. The number of aryl methyl sites for hydroxylation is 1. The topological polar surface area (TPSA) is 56.1 Å². The summed E-state index contributed by atoms with van der Waals surface area (Å²) in [5.74, 6) is 2.69. The lowest BCUT2D eigenvalue weighted by molar-refractivity contribution is 0.00595. The lowest BCUT2D eigenvalue weighted by atomic mass is 9.59. The highest BCUT2D eigenvalue weighted by atomic mass is 16.5. The molecule has 6 heteroatoms. The van der Waals surface area contributed by atoms with Crippen molar-refractivity contribution in [1.82, 2.24) is 19.7 Å². The molecule has 0 amide bonds. The second kappa shape index (κ2) is 7.71. The molecule has 4 heterocycles. The third kappa shape index (κ3) is 3.56. The predicted molar refractivity (Wildman–Crippen MR) is 114 cm³/mol. The van der Waals surface area contributed by atoms with Crippen molar-refractivity contribution in [2.75, 3.05) is 24.6 Å². The minimum absolute atomic E-state index is 0.239. The molecule has 3 aliphatic rings. The van der Waals surface area contributed by atoms with Crippen molar-refractivity contribution >= 4 is 5.95 Å². The molecule has 0 radical (unpaired) electrons. The number of pyridine rings is 1. The van der Waals surface area contributed by atoms with Crippen molar-refractivity contribution in [1.29, 1.82) is 0 Å². The van der Waals surface area contributed by atoms with Gasteiger partial charge in [0.1, 0.15) is 5.69 Å². The minimum Gasteiger partial charge on any atom is -0.376 e. The molecule has 0 aromatic carbocycles. The molecule has 3 fully saturated rings. The Morgan fingerprint density at radius 1 is 1.14 bits per heavy atom. The summed E-state index contributed by atoms with van der Waals surface area (Å²) in [6, 6.07) is 6.13. The predicted octanol–water partition coefficient (Wildman–Crippen LogP) is 4.23. The van der Waals surface area contributed by atoms with Gasteiger partial charge in [0.15, 0.2) is 5.82 Å². The molecule has 2 aliphatic heterocycles. The van der Waals surface area contributed by atoms with Crippen LogP contribution in [-0.2, 0) is 11.3 Å². The van der Waals surface area contributed by atoms with Crippen molar-refractivity contribution in [3.8, 4) is 11.5 Å². The van der Waals surface area contributed by atoms with E-state index in [0.717, 1.165) is 61.7 Å². The highest BCUT2D eigenvalue weighted by Crippen LogP contribution is 2.51. The minimum atomic E-state index is 0.239. The Balaban J connectivity index is 1.49. The molecule has 2 saturated heterocycles. The molecular weight excluding hydrogens is 362 g/mol. The molecule has 0 bridgehead atoms. The van der Waals surface area contributed by atoms with Gasteiger partial charge in [0.05, 0.1) is 12.6 Å². The fourth-order valence-electron chi connectivity index (χ4n) is 5.43. The zero-order valence-corrected chi connectivity index (χ0v) is 17.8. The van der Waals surface area contributed by atoms with Gasteiger partial charge in [-0.1, -0.05) is 19.4 Å². The van der Waals surface area contributed by atoms with E-state index in [-0.39, 0.29) is 6.10 Å². The van der Waals surface area contributed by atoms with Crippen LogP contribution in [0.2, 0.25) is 0 Å². The van der Waals surface area contributed by atoms with Gasteiger partial charge in [0.25, 0.3) is 0 Å². The van der Waals surface area contributed by atoms with E-state index < -0.39 is 0 Å². The number of nitrogens with zero attached hydrogens (tertiary/aromatic N) is 5. The van der Waals surface area contributed by atoms with Crippen LogP contribution < -0.4 is 4.90 Å². The summed E-state index contributed by atoms with van der Waals surface area (Å²) in [6.45, 7) is 8.32. The lowest BCUT2D eigenvalue weighted by Gasteiger charge is -2.53. The number of hydrogen-bond donors (Lipinski definition) is 0. The maximum atomic E-state index is 6.08. The van der Waals surface area contributed by atoms with Gasteiger partial charge in [-0.05, 0) is 68.9 Å². The second-order valence-electron chi connectivity index (χ2n) is 9.41. The summed E-state index contributed by atoms with van der Waals surface area (Å²) in [5, 5.41) is 9.34. The van der Waals surface area contributed by atoms with E-state index in [9.17, 15) is 0 Å². The van der Waals surface area contributed by atoms with Crippen LogP contribution in [0.4, 0.5) is 5.95 Å². The van der Waals surface area contributed by atoms with Crippen LogP contribution in [0, 0.1) is 18.3 Å². The fourth-order valence-corrected chi connectivity index (χ4v) is 5.43. The molecule has 1 spiro atoms. The van der Waals surface area contributed by atoms with E-state index in [2.05, 4.69) is 27.6 Å². The number of rotatable bonds is 4. The van der Waals surface area contributed by atoms with Crippen LogP contribution in [0.3, 0.4) is 0 Å². The summed E-state index contributed by atoms with van der Waals surface area (Å²) in [4.78, 5) is 7.24. The zero-order valence-electron chi connectivity index (χ0n) is 17.8. The highest BCUT2D eigenvalue weighted by molar-refractivity contribution is 5.53. The van der Waals surface area contributed by atoms with Crippen LogP contribution in [0.1, 0.15) is 57.6 Å². The first-order chi connectivity index (χ1) is 14.1. The Kier molecular flexibility index (Phi) is 5.06. The Hall–Kier alpha value is -1.95. The normalized spacial score (nSPS) is 26.5. The Morgan fingerprint density at radius 3 is 2.76 bits per heavy atom. The molecular formula is C23H33N5O. The molecule has 2 aromatic rings. The molecule has 2 aromatic heterocycles. The standard InChI is InChI=1S/C23H33N5O/c1-17-10-13-27(16-23(17)11-6-12-23)22-26-25-21(20-9-5-7-18(2)24-20)28(22)15-19-8-3-4-14-29-19/h5,7,9,17,19H,3-4,6,8,10-16H2,1-2H3. The summed E-state index contributed by atoms with van der Waals surface area (Å²) in [5.41, 5.74) is 2.40. The van der Waals surface area contributed by atoms with Crippen molar-refractivity contribution in [3.63, 3.8) is 0 Å². The summed E-state index contributed by atoms with van der Waals surface area (Å²) < 4.78 is 8.38. The van der Waals surface area contributed by atoms with Crippen LogP contribution in [-0.4, -0.2) is 45.5 Å². The zero-order chi connectivity index (χ0) is 19.8. The summed E-state index contributed by atoms with van der Waals surface area (Å²) in [6.07, 6.45) is 9.09. The van der Waals surface area contributed by atoms with Crippen molar-refractivity contribution in [3.05, 3.63) is 23.9 Å². The first-order valence-electron chi connectivity index (χ1n) is 11.4. The molecule has 1 saturated carbocycles. The van der Waals surface area contributed by atoms with Gasteiger partial charge in [-0.25, -0.2) is 4.98 Å². The van der Waals surface area contributed by atoms with Crippen LogP contribution in [0.15, 0.2) is 18.2 Å². The second-order valence-corrected chi connectivity index (χ2v) is 9.41. The molecule has 2 atom stereocenters. The Bertz CT molecular complexity index is 853. The maximum Gasteiger partial charge on any atom is 0.227 e. The number of ether oxygens (including phenoxy) is 1. The summed E-state index contributed by atoms with van der Waals surface area (Å²) in [7, 11) is 0. The molecule has 1 aliphatic carbocycles. The third-order valence-corrected chi connectivity index (χ3v) is 7.52. The quantitative estimate of drug-likeness (QED) is 0.775. The molecule has 5 rings (SSSR count). The van der Waals surface area contributed by atoms with Gasteiger partial charge < -0.3 is 9.64 Å². The van der Waals surface area contributed by atoms with E-state index in [1.807, 2.05) is 19.1 Å². The van der Waals surface area contributed by atoms with Crippen LogP contribution in [0.25, 0.3) is 11.5 Å². The van der Waals surface area contributed by atoms with Crippen molar-refractivity contribution in [2.45, 2.75) is 71.4 Å². The lowest BCUT2D eigenvalue weighted by Crippen LogP contribution is -2.52. The smallest absolute Gasteiger partial charge is 0.227 e. The molecule has 0 N–H and O–H groups in total. The first-order valence-corrected chi connectivity index (χ1v) is 11.4. The van der Waals surface area contributed by atoms with E-state index in [0.29, 0.717) is 5.41 Å². The Morgan fingerprint density at radius 2 is 2.03 bits per heavy atom. The SMILES string of the molecule is Cc1cccc(-c2nnc(N3CCC(C)C4(CCC4)C3)n2CC2CCCCO2)n1. The maximum absolute atomic E-state index is 6.08. The van der Waals surface area contributed by atoms with Gasteiger partial charge in [-0.15, -0.1) is 10.2 Å².